The Balaban J connectivity index is 1.82. The molecule has 0 unspecified atom stereocenters. The maximum atomic E-state index is 12.6. The van der Waals surface area contributed by atoms with Crippen molar-refractivity contribution in [3.05, 3.63) is 35.4 Å². The summed E-state index contributed by atoms with van der Waals surface area (Å²) in [6.07, 6.45) is 1.23. The van der Waals surface area contributed by atoms with Crippen molar-refractivity contribution in [2.75, 3.05) is 19.6 Å². The Morgan fingerprint density at radius 3 is 2.54 bits per heavy atom. The summed E-state index contributed by atoms with van der Waals surface area (Å²) in [5.41, 5.74) is 2.45. The summed E-state index contributed by atoms with van der Waals surface area (Å²) in [6, 6.07) is 8.89. The molecular weight excluding hydrogens is 296 g/mol. The highest BCUT2D eigenvalue weighted by Crippen LogP contribution is 2.49. The third-order valence-electron chi connectivity index (χ3n) is 5.83. The molecule has 0 spiro atoms. The first-order valence-corrected chi connectivity index (χ1v) is 9.43. The van der Waals surface area contributed by atoms with Crippen LogP contribution in [0.5, 0.6) is 0 Å². The van der Waals surface area contributed by atoms with Gasteiger partial charge in [-0.05, 0) is 17.0 Å². The molecule has 0 bridgehead atoms. The fourth-order valence-electron chi connectivity index (χ4n) is 4.20. The van der Waals surface area contributed by atoms with E-state index in [0.717, 1.165) is 19.0 Å². The van der Waals surface area contributed by atoms with E-state index < -0.39 is 0 Å². The van der Waals surface area contributed by atoms with Crippen LogP contribution in [0.3, 0.4) is 0 Å². The molecule has 1 aromatic rings. The molecular formula is C21H32N2O. The van der Waals surface area contributed by atoms with Gasteiger partial charge in [-0.3, -0.25) is 4.79 Å². The van der Waals surface area contributed by atoms with Crippen molar-refractivity contribution in [3.8, 4) is 0 Å². The molecule has 4 atom stereocenters. The van der Waals surface area contributed by atoms with E-state index in [4.69, 9.17) is 0 Å². The van der Waals surface area contributed by atoms with Gasteiger partial charge in [-0.25, -0.2) is 0 Å². The number of rotatable bonds is 4. The maximum Gasteiger partial charge on any atom is 0.225 e. The van der Waals surface area contributed by atoms with E-state index in [1.807, 2.05) is 20.8 Å². The molecule has 0 aromatic heterocycles. The Bertz CT molecular complexity index is 604. The van der Waals surface area contributed by atoms with Gasteiger partial charge in [0.15, 0.2) is 0 Å². The second-order valence-corrected chi connectivity index (χ2v) is 8.83. The first kappa shape index (κ1) is 17.5. The van der Waals surface area contributed by atoms with Gasteiger partial charge >= 0.3 is 0 Å². The Morgan fingerprint density at radius 2 is 1.92 bits per heavy atom. The zero-order chi connectivity index (χ0) is 17.5. The van der Waals surface area contributed by atoms with Crippen LogP contribution in [0.15, 0.2) is 24.3 Å². The summed E-state index contributed by atoms with van der Waals surface area (Å²) in [5.74, 6) is 1.97. The number of carbonyl (C=O) groups excluding carboxylic acids is 1. The average Bonchev–Trinajstić information content (AvgIpc) is 3.05. The molecule has 1 aliphatic heterocycles. The van der Waals surface area contributed by atoms with Crippen molar-refractivity contribution in [3.63, 3.8) is 0 Å². The van der Waals surface area contributed by atoms with Crippen LogP contribution < -0.4 is 5.32 Å². The zero-order valence-corrected chi connectivity index (χ0v) is 15.8. The molecule has 1 saturated heterocycles. The molecule has 1 heterocycles. The number of carbonyl (C=O) groups is 1. The summed E-state index contributed by atoms with van der Waals surface area (Å²) in [4.78, 5) is 15.2. The molecule has 0 saturated carbocycles. The summed E-state index contributed by atoms with van der Waals surface area (Å²) in [6.45, 7) is 14.0. The van der Waals surface area contributed by atoms with E-state index in [1.54, 1.807) is 0 Å². The third kappa shape index (κ3) is 3.23. The average molecular weight is 329 g/mol. The lowest BCUT2D eigenvalue weighted by Crippen LogP contribution is -2.40. The fourth-order valence-corrected chi connectivity index (χ4v) is 4.20. The normalized spacial score (nSPS) is 27.6. The molecule has 1 N–H and O–H groups in total. The van der Waals surface area contributed by atoms with E-state index in [1.165, 1.54) is 24.1 Å². The number of nitrogens with zero attached hydrogens (tertiary/aromatic N) is 1. The number of fused-ring (bicyclic) bond motifs is 3. The lowest BCUT2D eigenvalue weighted by Gasteiger charge is -2.27. The lowest BCUT2D eigenvalue weighted by atomic mass is 9.91. The van der Waals surface area contributed by atoms with Crippen molar-refractivity contribution in [2.45, 2.75) is 53.0 Å². The van der Waals surface area contributed by atoms with Gasteiger partial charge in [0.1, 0.15) is 0 Å². The standard InChI is InChI=1S/C21H32N2O/c1-6-14(2)11-23-12-17-15-9-7-8-10-16(15)19(18(17)13-23)22-20(24)21(3,4)5/h7-10,14,17-19H,6,11-13H2,1-5H3,(H,22,24)/t14-,17+,18+,19-/m1/s1. The molecule has 2 aliphatic rings. The van der Waals surface area contributed by atoms with Crippen molar-refractivity contribution in [1.82, 2.24) is 10.2 Å². The quantitative estimate of drug-likeness (QED) is 0.907. The highest BCUT2D eigenvalue weighted by Gasteiger charge is 2.47. The number of hydrogen-bond acceptors (Lipinski definition) is 2. The van der Waals surface area contributed by atoms with Gasteiger partial charge in [0.05, 0.1) is 6.04 Å². The maximum absolute atomic E-state index is 12.6. The zero-order valence-electron chi connectivity index (χ0n) is 15.8. The van der Waals surface area contributed by atoms with Crippen LogP contribution in [0.25, 0.3) is 0 Å². The second-order valence-electron chi connectivity index (χ2n) is 8.83. The van der Waals surface area contributed by atoms with Crippen LogP contribution in [0.4, 0.5) is 0 Å². The minimum absolute atomic E-state index is 0.156. The molecule has 3 heteroatoms. The topological polar surface area (TPSA) is 32.3 Å². The summed E-state index contributed by atoms with van der Waals surface area (Å²) >= 11 is 0. The highest BCUT2D eigenvalue weighted by molar-refractivity contribution is 5.82. The molecule has 1 fully saturated rings. The molecule has 24 heavy (non-hydrogen) atoms. The number of amides is 1. The van der Waals surface area contributed by atoms with Gasteiger partial charge in [-0.2, -0.15) is 0 Å². The van der Waals surface area contributed by atoms with Crippen LogP contribution in [0, 0.1) is 17.3 Å². The van der Waals surface area contributed by atoms with E-state index in [2.05, 4.69) is 48.3 Å². The summed E-state index contributed by atoms with van der Waals surface area (Å²) in [7, 11) is 0. The number of nitrogens with one attached hydrogen (secondary N) is 1. The van der Waals surface area contributed by atoms with Crippen LogP contribution in [-0.2, 0) is 4.79 Å². The predicted octanol–water partition coefficient (Wildman–Crippen LogP) is 3.97. The Labute approximate surface area is 146 Å². The van der Waals surface area contributed by atoms with E-state index in [-0.39, 0.29) is 17.4 Å². The van der Waals surface area contributed by atoms with Crippen molar-refractivity contribution >= 4 is 5.91 Å². The van der Waals surface area contributed by atoms with Crippen molar-refractivity contribution < 1.29 is 4.79 Å². The van der Waals surface area contributed by atoms with E-state index in [9.17, 15) is 4.79 Å². The smallest absolute Gasteiger partial charge is 0.225 e. The second kappa shape index (κ2) is 6.51. The Kier molecular flexibility index (Phi) is 4.74. The van der Waals surface area contributed by atoms with Gasteiger partial charge in [-0.15, -0.1) is 0 Å². The molecule has 3 nitrogen and oxygen atoms in total. The predicted molar refractivity (Wildman–Crippen MR) is 98.9 cm³/mol. The van der Waals surface area contributed by atoms with Crippen LogP contribution in [-0.4, -0.2) is 30.4 Å². The molecule has 1 aliphatic carbocycles. The molecule has 132 valence electrons. The van der Waals surface area contributed by atoms with Gasteiger partial charge in [-0.1, -0.05) is 65.3 Å². The monoisotopic (exact) mass is 328 g/mol. The van der Waals surface area contributed by atoms with Gasteiger partial charge in [0, 0.05) is 36.9 Å². The number of likely N-dealkylation sites (tertiary alicyclic amines) is 1. The molecule has 1 aromatic carbocycles. The lowest BCUT2D eigenvalue weighted by molar-refractivity contribution is -0.129. The Hall–Kier alpha value is -1.35. The molecule has 1 amide bonds. The first-order valence-electron chi connectivity index (χ1n) is 9.43. The van der Waals surface area contributed by atoms with Crippen LogP contribution >= 0.6 is 0 Å². The van der Waals surface area contributed by atoms with E-state index >= 15 is 0 Å². The molecule has 0 radical (unpaired) electrons. The SMILES string of the molecule is CC[C@@H](C)CN1C[C@@H]2[C@H](NC(=O)C(C)(C)C)c3ccccc3[C@@H]2C1. The Morgan fingerprint density at radius 1 is 1.25 bits per heavy atom. The first-order chi connectivity index (χ1) is 11.3. The van der Waals surface area contributed by atoms with Gasteiger partial charge in [0.2, 0.25) is 5.91 Å². The van der Waals surface area contributed by atoms with Crippen molar-refractivity contribution in [1.29, 1.82) is 0 Å². The van der Waals surface area contributed by atoms with E-state index in [0.29, 0.717) is 11.8 Å². The third-order valence-corrected chi connectivity index (χ3v) is 5.83. The molecule has 3 rings (SSSR count). The van der Waals surface area contributed by atoms with Crippen LogP contribution in [0.2, 0.25) is 0 Å². The largest absolute Gasteiger partial charge is 0.348 e. The number of benzene rings is 1. The highest BCUT2D eigenvalue weighted by atomic mass is 16.2. The minimum atomic E-state index is -0.345. The fraction of sp³-hybridized carbons (Fsp3) is 0.667. The minimum Gasteiger partial charge on any atom is -0.348 e. The summed E-state index contributed by atoms with van der Waals surface area (Å²) in [5, 5.41) is 3.37. The van der Waals surface area contributed by atoms with Gasteiger partial charge in [0.25, 0.3) is 0 Å². The van der Waals surface area contributed by atoms with Crippen LogP contribution in [0.1, 0.15) is 64.1 Å². The summed E-state index contributed by atoms with van der Waals surface area (Å²) < 4.78 is 0. The number of hydrogen-bond donors (Lipinski definition) is 1. The van der Waals surface area contributed by atoms with Gasteiger partial charge < -0.3 is 10.2 Å². The van der Waals surface area contributed by atoms with Crippen molar-refractivity contribution in [2.24, 2.45) is 17.3 Å².